The molecule has 1 heterocycles. The summed E-state index contributed by atoms with van der Waals surface area (Å²) in [5.41, 5.74) is 5.13. The molecule has 0 aliphatic heterocycles. The van der Waals surface area contributed by atoms with Crippen LogP contribution in [0.1, 0.15) is 21.5 Å². The van der Waals surface area contributed by atoms with Gasteiger partial charge in [0.15, 0.2) is 0 Å². The average Bonchev–Trinajstić information content (AvgIpc) is 3.06. The van der Waals surface area contributed by atoms with Crippen molar-refractivity contribution in [2.24, 2.45) is 0 Å². The van der Waals surface area contributed by atoms with Crippen LogP contribution in [0, 0.1) is 0 Å². The first-order chi connectivity index (χ1) is 12.6. The van der Waals surface area contributed by atoms with Gasteiger partial charge in [-0.3, -0.25) is 0 Å². The van der Waals surface area contributed by atoms with Crippen molar-refractivity contribution in [3.05, 3.63) is 75.8 Å². The Morgan fingerprint density at radius 1 is 0.963 bits per heavy atom. The second-order valence-corrected chi connectivity index (χ2v) is 7.53. The van der Waals surface area contributed by atoms with Crippen LogP contribution in [0.3, 0.4) is 0 Å². The zero-order valence-electron chi connectivity index (χ0n) is 14.8. The Hall–Kier alpha value is -1.08. The van der Waals surface area contributed by atoms with Crippen LogP contribution < -0.4 is 56.5 Å². The number of aromatic nitrogens is 1. The van der Waals surface area contributed by atoms with Crippen molar-refractivity contribution in [2.45, 2.75) is 12.8 Å². The van der Waals surface area contributed by atoms with Crippen molar-refractivity contribution in [1.29, 1.82) is 0 Å². The van der Waals surface area contributed by atoms with Crippen LogP contribution in [-0.2, 0) is 12.8 Å². The third kappa shape index (κ3) is 3.20. The quantitative estimate of drug-likeness (QED) is 0.440. The molecule has 0 atom stereocenters. The Kier molecular flexibility index (Phi) is 5.27. The topological polar surface area (TPSA) is 53.0 Å². The molecule has 0 spiro atoms. The van der Waals surface area contributed by atoms with Crippen molar-refractivity contribution in [1.82, 2.24) is 4.98 Å². The number of aryl methyl sites for hydroxylation is 2. The summed E-state index contributed by atoms with van der Waals surface area (Å²) in [5.74, 6) is -1.19. The monoisotopic (exact) mass is 441 g/mol. The summed E-state index contributed by atoms with van der Waals surface area (Å²) in [4.78, 5) is 16.5. The molecule has 3 aromatic carbocycles. The minimum Gasteiger partial charge on any atom is -0.545 e. The number of carbonyl (C=O) groups is 1. The Labute approximate surface area is 207 Å². The van der Waals surface area contributed by atoms with E-state index in [0.29, 0.717) is 16.6 Å². The van der Waals surface area contributed by atoms with E-state index in [9.17, 15) is 9.90 Å². The van der Waals surface area contributed by atoms with Gasteiger partial charge in [-0.15, -0.1) is 0 Å². The van der Waals surface area contributed by atoms with Gasteiger partial charge in [-0.1, -0.05) is 46.3 Å². The molecule has 0 fully saturated rings. The van der Waals surface area contributed by atoms with Crippen LogP contribution in [0.4, 0.5) is 0 Å². The standard InChI is InChI=1S/C22H14BrNO2.K/c23-14-7-9-19-17(10-14)18(22(25)26)11-20(24-19)15-8-6-13-5-4-12-2-1-3-16(15)21(12)13;/h1-3,6-11H,4-5H2,(H,25,26);/q;+1/p-1. The van der Waals surface area contributed by atoms with Crippen molar-refractivity contribution in [3.63, 3.8) is 0 Å². The van der Waals surface area contributed by atoms with Crippen LogP contribution in [0.2, 0.25) is 0 Å². The van der Waals surface area contributed by atoms with Crippen molar-refractivity contribution >= 4 is 43.6 Å². The SMILES string of the molecule is O=C([O-])c1cc(-c2ccc3c4c(cccc24)CC3)nc2ccc(Br)cc12.[K+]. The van der Waals surface area contributed by atoms with E-state index in [4.69, 9.17) is 4.98 Å². The number of rotatable bonds is 2. The fourth-order valence-electron chi connectivity index (χ4n) is 3.98. The molecule has 0 N–H and O–H groups in total. The van der Waals surface area contributed by atoms with Crippen molar-refractivity contribution in [3.8, 4) is 11.3 Å². The number of aromatic carboxylic acids is 1. The van der Waals surface area contributed by atoms with E-state index in [1.807, 2.05) is 12.1 Å². The number of carboxylic acids is 1. The molecule has 5 rings (SSSR count). The molecule has 3 nitrogen and oxygen atoms in total. The van der Waals surface area contributed by atoms with Gasteiger partial charge < -0.3 is 9.90 Å². The van der Waals surface area contributed by atoms with E-state index in [1.165, 1.54) is 16.5 Å². The van der Waals surface area contributed by atoms with Crippen LogP contribution in [0.15, 0.2) is 59.1 Å². The van der Waals surface area contributed by atoms with E-state index in [-0.39, 0.29) is 56.9 Å². The molecule has 0 radical (unpaired) electrons. The number of nitrogens with zero attached hydrogens (tertiary/aromatic N) is 1. The molecule has 0 bridgehead atoms. The summed E-state index contributed by atoms with van der Waals surface area (Å²) < 4.78 is 0.812. The molecule has 1 aromatic heterocycles. The predicted octanol–water partition coefficient (Wildman–Crippen LogP) is 1.28. The largest absolute Gasteiger partial charge is 1.00 e. The Bertz CT molecular complexity index is 1230. The number of hydrogen-bond acceptors (Lipinski definition) is 3. The zero-order chi connectivity index (χ0) is 17.8. The Balaban J connectivity index is 0.00000180. The van der Waals surface area contributed by atoms with Gasteiger partial charge in [0.1, 0.15) is 0 Å². The van der Waals surface area contributed by atoms with Gasteiger partial charge in [0, 0.05) is 21.0 Å². The van der Waals surface area contributed by atoms with Crippen LogP contribution >= 0.6 is 15.9 Å². The van der Waals surface area contributed by atoms with E-state index in [0.717, 1.165) is 28.3 Å². The summed E-state index contributed by atoms with van der Waals surface area (Å²) >= 11 is 3.39. The molecule has 0 saturated carbocycles. The summed E-state index contributed by atoms with van der Waals surface area (Å²) in [7, 11) is 0. The molecule has 5 heteroatoms. The number of hydrogen-bond donors (Lipinski definition) is 0. The Morgan fingerprint density at radius 2 is 1.74 bits per heavy atom. The van der Waals surface area contributed by atoms with E-state index < -0.39 is 5.97 Å². The molecule has 27 heavy (non-hydrogen) atoms. The first-order valence-corrected chi connectivity index (χ1v) is 9.26. The molecular weight excluding hydrogens is 429 g/mol. The first-order valence-electron chi connectivity index (χ1n) is 8.47. The molecule has 0 amide bonds. The van der Waals surface area contributed by atoms with Gasteiger partial charge in [-0.05, 0) is 59.0 Å². The maximum atomic E-state index is 11.7. The number of halogens is 1. The number of benzene rings is 3. The summed E-state index contributed by atoms with van der Waals surface area (Å²) in [5, 5.41) is 14.7. The predicted molar refractivity (Wildman–Crippen MR) is 104 cm³/mol. The first kappa shape index (κ1) is 19.2. The number of pyridine rings is 1. The number of fused-ring (bicyclic) bond motifs is 1. The molecule has 0 saturated heterocycles. The van der Waals surface area contributed by atoms with Gasteiger partial charge >= 0.3 is 51.4 Å². The van der Waals surface area contributed by atoms with Gasteiger partial charge in [0.05, 0.1) is 17.2 Å². The zero-order valence-corrected chi connectivity index (χ0v) is 19.5. The van der Waals surface area contributed by atoms with Crippen LogP contribution in [0.25, 0.3) is 32.9 Å². The van der Waals surface area contributed by atoms with Gasteiger partial charge in [0.2, 0.25) is 0 Å². The van der Waals surface area contributed by atoms with E-state index in [2.05, 4.69) is 46.3 Å². The van der Waals surface area contributed by atoms with Crippen LogP contribution in [-0.4, -0.2) is 11.0 Å². The second-order valence-electron chi connectivity index (χ2n) is 6.62. The minimum absolute atomic E-state index is 0. The molecule has 4 aromatic rings. The molecular formula is C22H13BrKNO2. The number of carbonyl (C=O) groups excluding carboxylic acids is 1. The van der Waals surface area contributed by atoms with E-state index >= 15 is 0 Å². The summed E-state index contributed by atoms with van der Waals surface area (Å²) in [6.45, 7) is 0. The van der Waals surface area contributed by atoms with Crippen molar-refractivity contribution < 1.29 is 61.3 Å². The summed E-state index contributed by atoms with van der Waals surface area (Å²) in [6, 6.07) is 17.6. The van der Waals surface area contributed by atoms with Crippen LogP contribution in [0.5, 0.6) is 0 Å². The molecule has 1 aliphatic rings. The molecule has 126 valence electrons. The minimum atomic E-state index is -1.19. The smallest absolute Gasteiger partial charge is 0.545 e. The fourth-order valence-corrected chi connectivity index (χ4v) is 4.34. The third-order valence-corrected chi connectivity index (χ3v) is 5.64. The number of carboxylic acid groups (broad SMARTS) is 1. The Morgan fingerprint density at radius 3 is 2.52 bits per heavy atom. The third-order valence-electron chi connectivity index (χ3n) is 5.14. The maximum Gasteiger partial charge on any atom is 1.00 e. The van der Waals surface area contributed by atoms with E-state index in [1.54, 1.807) is 12.1 Å². The normalized spacial score (nSPS) is 12.3. The molecule has 1 aliphatic carbocycles. The van der Waals surface area contributed by atoms with Gasteiger partial charge in [-0.2, -0.15) is 0 Å². The second kappa shape index (κ2) is 7.39. The average molecular weight is 442 g/mol. The van der Waals surface area contributed by atoms with Gasteiger partial charge in [0.25, 0.3) is 0 Å². The summed E-state index contributed by atoms with van der Waals surface area (Å²) in [6.07, 6.45) is 2.11. The van der Waals surface area contributed by atoms with Crippen molar-refractivity contribution in [2.75, 3.05) is 0 Å². The fraction of sp³-hybridized carbons (Fsp3) is 0.0909. The van der Waals surface area contributed by atoms with Gasteiger partial charge in [-0.25, -0.2) is 4.98 Å². The maximum absolute atomic E-state index is 11.7. The molecule has 0 unspecified atom stereocenters.